The molecule has 114 valence electrons. The summed E-state index contributed by atoms with van der Waals surface area (Å²) < 4.78 is 5.73. The number of aromatic hydroxyl groups is 4. The number of hydrogen-bond acceptors (Lipinski definition) is 6. The highest BCUT2D eigenvalue weighted by molar-refractivity contribution is 5.61. The zero-order valence-electron chi connectivity index (χ0n) is 11.4. The van der Waals surface area contributed by atoms with E-state index in [1.54, 1.807) is 6.07 Å². The van der Waals surface area contributed by atoms with Gasteiger partial charge in [0.15, 0.2) is 11.5 Å². The lowest BCUT2D eigenvalue weighted by molar-refractivity contribution is -0.114. The highest BCUT2D eigenvalue weighted by atomic mass is 16.5. The van der Waals surface area contributed by atoms with Crippen LogP contribution in [0.15, 0.2) is 30.3 Å². The van der Waals surface area contributed by atoms with Crippen LogP contribution in [0.4, 0.5) is 0 Å². The molecule has 2 atom stereocenters. The van der Waals surface area contributed by atoms with Crippen LogP contribution in [0.1, 0.15) is 17.2 Å². The van der Waals surface area contributed by atoms with Gasteiger partial charge in [-0.05, 0) is 24.1 Å². The molecule has 0 radical (unpaired) electrons. The number of phenols is 4. The number of aldehydes is 1. The van der Waals surface area contributed by atoms with Crippen molar-refractivity contribution in [1.29, 1.82) is 0 Å². The predicted octanol–water partition coefficient (Wildman–Crippen LogP) is 2.00. The van der Waals surface area contributed by atoms with Crippen molar-refractivity contribution in [3.05, 3.63) is 41.5 Å². The highest BCUT2D eigenvalue weighted by Gasteiger charge is 2.33. The lowest BCUT2D eigenvalue weighted by Crippen LogP contribution is -2.27. The summed E-state index contributed by atoms with van der Waals surface area (Å²) in [4.78, 5) is 11.4. The van der Waals surface area contributed by atoms with Crippen molar-refractivity contribution in [2.24, 2.45) is 5.92 Å². The van der Waals surface area contributed by atoms with E-state index in [2.05, 4.69) is 0 Å². The first-order valence-electron chi connectivity index (χ1n) is 6.68. The molecular formula is C16H14O6. The van der Waals surface area contributed by atoms with E-state index in [1.165, 1.54) is 24.3 Å². The molecule has 0 spiro atoms. The molecule has 2 aromatic rings. The molecule has 22 heavy (non-hydrogen) atoms. The molecule has 0 bridgehead atoms. The lowest BCUT2D eigenvalue weighted by Gasteiger charge is -2.31. The van der Waals surface area contributed by atoms with Gasteiger partial charge in [-0.3, -0.25) is 0 Å². The largest absolute Gasteiger partial charge is 0.508 e. The smallest absolute Gasteiger partial charge is 0.157 e. The monoisotopic (exact) mass is 302 g/mol. The third-order valence-corrected chi connectivity index (χ3v) is 3.76. The van der Waals surface area contributed by atoms with Gasteiger partial charge in [-0.1, -0.05) is 6.07 Å². The van der Waals surface area contributed by atoms with E-state index in [-0.39, 0.29) is 35.2 Å². The second-order valence-electron chi connectivity index (χ2n) is 5.23. The predicted molar refractivity (Wildman–Crippen MR) is 76.2 cm³/mol. The Morgan fingerprint density at radius 3 is 2.45 bits per heavy atom. The van der Waals surface area contributed by atoms with Crippen LogP contribution in [0.2, 0.25) is 0 Å². The van der Waals surface area contributed by atoms with Gasteiger partial charge in [0, 0.05) is 17.7 Å². The van der Waals surface area contributed by atoms with Crippen LogP contribution >= 0.6 is 0 Å². The van der Waals surface area contributed by atoms with Crippen LogP contribution in [0.25, 0.3) is 0 Å². The normalized spacial score (nSPS) is 20.0. The van der Waals surface area contributed by atoms with Crippen molar-refractivity contribution in [2.45, 2.75) is 12.5 Å². The molecule has 0 saturated carbocycles. The van der Waals surface area contributed by atoms with E-state index in [9.17, 15) is 25.2 Å². The third kappa shape index (κ3) is 2.28. The minimum atomic E-state index is -0.683. The molecule has 0 saturated heterocycles. The van der Waals surface area contributed by atoms with Gasteiger partial charge in [0.2, 0.25) is 0 Å². The number of hydrogen-bond donors (Lipinski definition) is 4. The SMILES string of the molecule is O=CC1Cc2c(O)cc(O)cc2O[C@@H]1c1ccc(O)c(O)c1. The summed E-state index contributed by atoms with van der Waals surface area (Å²) in [6.45, 7) is 0. The Labute approximate surface area is 125 Å². The second-order valence-corrected chi connectivity index (χ2v) is 5.23. The zero-order valence-corrected chi connectivity index (χ0v) is 11.4. The molecule has 1 aliphatic heterocycles. The second kappa shape index (κ2) is 5.14. The molecule has 1 unspecified atom stereocenters. The number of rotatable bonds is 2. The Morgan fingerprint density at radius 1 is 1.00 bits per heavy atom. The van der Waals surface area contributed by atoms with Crippen molar-refractivity contribution < 1.29 is 30.0 Å². The maximum Gasteiger partial charge on any atom is 0.157 e. The van der Waals surface area contributed by atoms with Crippen LogP contribution in [0.5, 0.6) is 28.7 Å². The summed E-state index contributed by atoms with van der Waals surface area (Å²) in [7, 11) is 0. The van der Waals surface area contributed by atoms with Crippen molar-refractivity contribution in [1.82, 2.24) is 0 Å². The van der Waals surface area contributed by atoms with Crippen LogP contribution in [-0.2, 0) is 11.2 Å². The Morgan fingerprint density at radius 2 is 1.77 bits per heavy atom. The highest BCUT2D eigenvalue weighted by Crippen LogP contribution is 2.44. The van der Waals surface area contributed by atoms with Crippen LogP contribution < -0.4 is 4.74 Å². The number of carbonyl (C=O) groups is 1. The summed E-state index contributed by atoms with van der Waals surface area (Å²) in [6, 6.07) is 6.74. The zero-order chi connectivity index (χ0) is 15.9. The molecule has 0 aliphatic carbocycles. The fourth-order valence-electron chi connectivity index (χ4n) is 2.65. The third-order valence-electron chi connectivity index (χ3n) is 3.76. The first-order chi connectivity index (χ1) is 10.5. The average molecular weight is 302 g/mol. The summed E-state index contributed by atoms with van der Waals surface area (Å²) in [6.07, 6.45) is 0.291. The molecule has 0 fully saturated rings. The van der Waals surface area contributed by atoms with Crippen LogP contribution in [-0.4, -0.2) is 26.7 Å². The minimum absolute atomic E-state index is 0.131. The van der Waals surface area contributed by atoms with Crippen molar-refractivity contribution >= 4 is 6.29 Å². The van der Waals surface area contributed by atoms with Crippen molar-refractivity contribution in [3.63, 3.8) is 0 Å². The number of benzene rings is 2. The van der Waals surface area contributed by atoms with E-state index >= 15 is 0 Å². The maximum absolute atomic E-state index is 11.4. The lowest BCUT2D eigenvalue weighted by atomic mass is 9.87. The van der Waals surface area contributed by atoms with Gasteiger partial charge in [0.05, 0.1) is 5.92 Å². The molecule has 1 aliphatic rings. The summed E-state index contributed by atoms with van der Waals surface area (Å²) in [5.41, 5.74) is 0.968. The summed E-state index contributed by atoms with van der Waals surface area (Å²) in [5, 5.41) is 38.4. The molecule has 1 heterocycles. The molecule has 0 amide bonds. The Kier molecular flexibility index (Phi) is 3.29. The first kappa shape index (κ1) is 14.1. The van der Waals surface area contributed by atoms with Gasteiger partial charge in [-0.25, -0.2) is 0 Å². The molecule has 4 N–H and O–H groups in total. The van der Waals surface area contributed by atoms with Crippen LogP contribution in [0, 0.1) is 5.92 Å². The van der Waals surface area contributed by atoms with E-state index in [0.29, 0.717) is 11.1 Å². The number of fused-ring (bicyclic) bond motifs is 1. The van der Waals surface area contributed by atoms with Crippen molar-refractivity contribution in [3.8, 4) is 28.7 Å². The Balaban J connectivity index is 2.04. The quantitative estimate of drug-likeness (QED) is 0.499. The first-order valence-corrected chi connectivity index (χ1v) is 6.68. The number of ether oxygens (including phenoxy) is 1. The fourth-order valence-corrected chi connectivity index (χ4v) is 2.65. The molecular weight excluding hydrogens is 288 g/mol. The van der Waals surface area contributed by atoms with Gasteiger partial charge in [-0.15, -0.1) is 0 Å². The van der Waals surface area contributed by atoms with Gasteiger partial charge in [0.25, 0.3) is 0 Å². The average Bonchev–Trinajstić information content (AvgIpc) is 2.48. The van der Waals surface area contributed by atoms with Gasteiger partial charge < -0.3 is 30.0 Å². The molecule has 2 aromatic carbocycles. The molecule has 6 heteroatoms. The van der Waals surface area contributed by atoms with Gasteiger partial charge >= 0.3 is 0 Å². The van der Waals surface area contributed by atoms with E-state index in [1.807, 2.05) is 0 Å². The minimum Gasteiger partial charge on any atom is -0.508 e. The Hall–Kier alpha value is -2.89. The van der Waals surface area contributed by atoms with Crippen molar-refractivity contribution in [2.75, 3.05) is 0 Å². The maximum atomic E-state index is 11.4. The Bertz CT molecular complexity index is 740. The van der Waals surface area contributed by atoms with Gasteiger partial charge in [0.1, 0.15) is 29.6 Å². The molecule has 3 rings (SSSR count). The number of carbonyl (C=O) groups excluding carboxylic acids is 1. The fraction of sp³-hybridized carbons (Fsp3) is 0.188. The van der Waals surface area contributed by atoms with E-state index in [0.717, 1.165) is 6.29 Å². The molecule has 0 aromatic heterocycles. The topological polar surface area (TPSA) is 107 Å². The number of phenolic OH excluding ortho intramolecular Hbond substituents is 4. The van der Waals surface area contributed by atoms with Crippen LogP contribution in [0.3, 0.4) is 0 Å². The van der Waals surface area contributed by atoms with Gasteiger partial charge in [-0.2, -0.15) is 0 Å². The molecule has 6 nitrogen and oxygen atoms in total. The summed E-state index contributed by atoms with van der Waals surface area (Å²) >= 11 is 0. The van der Waals surface area contributed by atoms with E-state index in [4.69, 9.17) is 4.74 Å². The standard InChI is InChI=1S/C16H14O6/c17-7-9-3-11-13(20)5-10(18)6-15(11)22-16(9)8-1-2-12(19)14(21)4-8/h1-2,4-7,9,16,18-21H,3H2/t9?,16-/m1/s1. The summed E-state index contributed by atoms with van der Waals surface area (Å²) in [5.74, 6) is -1.13. The van der Waals surface area contributed by atoms with E-state index < -0.39 is 12.0 Å².